The van der Waals surface area contributed by atoms with Crippen molar-refractivity contribution in [1.82, 2.24) is 0 Å². The number of nitrogens with one attached hydrogen (secondary N) is 1. The molecule has 5 nitrogen and oxygen atoms in total. The topological polar surface area (TPSA) is 84.6 Å². The first kappa shape index (κ1) is 15.2. The number of ether oxygens (including phenoxy) is 1. The molecule has 1 aromatic carbocycles. The zero-order valence-corrected chi connectivity index (χ0v) is 11.1. The largest absolute Gasteiger partial charge is 0.494 e. The van der Waals surface area contributed by atoms with Gasteiger partial charge in [0.15, 0.2) is 0 Å². The maximum absolute atomic E-state index is 11.7. The molecule has 0 radical (unpaired) electrons. The summed E-state index contributed by atoms with van der Waals surface area (Å²) in [4.78, 5) is 11.7. The number of hydrogen-bond donors (Lipinski definition) is 3. The van der Waals surface area contributed by atoms with E-state index in [0.717, 1.165) is 0 Å². The Balaban J connectivity index is 2.79. The standard InChI is InChI=1S/C14H20N2O3/c1-3-5-12(15)14(18)16-11-6-7-13(19-4-2)10(8-11)9-17/h3,6-8,12,17H,1,4-5,9,15H2,2H3,(H,16,18). The van der Waals surface area contributed by atoms with Gasteiger partial charge in [0.1, 0.15) is 5.75 Å². The lowest BCUT2D eigenvalue weighted by Crippen LogP contribution is -2.35. The van der Waals surface area contributed by atoms with Crippen LogP contribution in [-0.2, 0) is 11.4 Å². The van der Waals surface area contributed by atoms with Gasteiger partial charge in [0, 0.05) is 11.3 Å². The van der Waals surface area contributed by atoms with E-state index in [1.54, 1.807) is 24.3 Å². The molecule has 0 aromatic heterocycles. The predicted octanol–water partition coefficient (Wildman–Crippen LogP) is 1.42. The summed E-state index contributed by atoms with van der Waals surface area (Å²) in [5, 5.41) is 12.0. The molecular formula is C14H20N2O3. The van der Waals surface area contributed by atoms with Crippen LogP contribution in [0, 0.1) is 0 Å². The monoisotopic (exact) mass is 264 g/mol. The average molecular weight is 264 g/mol. The molecule has 0 aliphatic carbocycles. The van der Waals surface area contributed by atoms with Gasteiger partial charge in [0.25, 0.3) is 0 Å². The molecule has 0 aliphatic rings. The quantitative estimate of drug-likeness (QED) is 0.650. The Morgan fingerprint density at radius 2 is 2.37 bits per heavy atom. The van der Waals surface area contributed by atoms with Crippen LogP contribution in [0.2, 0.25) is 0 Å². The van der Waals surface area contributed by atoms with Crippen LogP contribution in [0.1, 0.15) is 18.9 Å². The average Bonchev–Trinajstić information content (AvgIpc) is 2.41. The van der Waals surface area contributed by atoms with Crippen molar-refractivity contribution in [1.29, 1.82) is 0 Å². The molecule has 0 aliphatic heterocycles. The van der Waals surface area contributed by atoms with E-state index in [0.29, 0.717) is 30.0 Å². The normalized spacial score (nSPS) is 11.7. The van der Waals surface area contributed by atoms with Gasteiger partial charge in [0.05, 0.1) is 19.3 Å². The van der Waals surface area contributed by atoms with Crippen molar-refractivity contribution in [3.8, 4) is 5.75 Å². The van der Waals surface area contributed by atoms with Gasteiger partial charge >= 0.3 is 0 Å². The van der Waals surface area contributed by atoms with Crippen LogP contribution < -0.4 is 15.8 Å². The van der Waals surface area contributed by atoms with E-state index in [1.807, 2.05) is 6.92 Å². The first-order valence-corrected chi connectivity index (χ1v) is 6.16. The second kappa shape index (κ2) is 7.56. The van der Waals surface area contributed by atoms with Gasteiger partial charge in [-0.1, -0.05) is 6.08 Å². The highest BCUT2D eigenvalue weighted by Gasteiger charge is 2.12. The van der Waals surface area contributed by atoms with E-state index < -0.39 is 6.04 Å². The first-order valence-electron chi connectivity index (χ1n) is 6.16. The summed E-state index contributed by atoms with van der Waals surface area (Å²) >= 11 is 0. The van der Waals surface area contributed by atoms with E-state index in [9.17, 15) is 9.90 Å². The first-order chi connectivity index (χ1) is 9.12. The van der Waals surface area contributed by atoms with Gasteiger partial charge in [-0.05, 0) is 31.5 Å². The Morgan fingerprint density at radius 3 is 2.95 bits per heavy atom. The SMILES string of the molecule is C=CCC(N)C(=O)Nc1ccc(OCC)c(CO)c1. The van der Waals surface area contributed by atoms with Gasteiger partial charge in [-0.25, -0.2) is 0 Å². The molecule has 0 saturated carbocycles. The molecule has 0 heterocycles. The van der Waals surface area contributed by atoms with Crippen molar-refractivity contribution < 1.29 is 14.6 Å². The fraction of sp³-hybridized carbons (Fsp3) is 0.357. The number of amides is 1. The minimum Gasteiger partial charge on any atom is -0.494 e. The van der Waals surface area contributed by atoms with Crippen LogP contribution in [-0.4, -0.2) is 23.7 Å². The number of aliphatic hydroxyl groups excluding tert-OH is 1. The minimum atomic E-state index is -0.623. The van der Waals surface area contributed by atoms with Crippen molar-refractivity contribution in [3.63, 3.8) is 0 Å². The lowest BCUT2D eigenvalue weighted by atomic mass is 10.1. The maximum Gasteiger partial charge on any atom is 0.241 e. The lowest BCUT2D eigenvalue weighted by Gasteiger charge is -2.13. The fourth-order valence-electron chi connectivity index (χ4n) is 1.60. The third-order valence-electron chi connectivity index (χ3n) is 2.56. The number of aliphatic hydroxyl groups is 1. The van der Waals surface area contributed by atoms with Crippen molar-refractivity contribution in [2.45, 2.75) is 26.0 Å². The zero-order chi connectivity index (χ0) is 14.3. The number of carbonyl (C=O) groups is 1. The summed E-state index contributed by atoms with van der Waals surface area (Å²) in [6.07, 6.45) is 2.01. The second-order valence-corrected chi connectivity index (χ2v) is 4.03. The van der Waals surface area contributed by atoms with Crippen LogP contribution in [0.3, 0.4) is 0 Å². The molecule has 1 rings (SSSR count). The van der Waals surface area contributed by atoms with Gasteiger partial charge in [0.2, 0.25) is 5.91 Å². The van der Waals surface area contributed by atoms with Crippen LogP contribution in [0.5, 0.6) is 5.75 Å². The summed E-state index contributed by atoms with van der Waals surface area (Å²) in [5.41, 5.74) is 6.87. The number of anilines is 1. The van der Waals surface area contributed by atoms with E-state index >= 15 is 0 Å². The summed E-state index contributed by atoms with van der Waals surface area (Å²) in [7, 11) is 0. The van der Waals surface area contributed by atoms with E-state index in [4.69, 9.17) is 10.5 Å². The highest BCUT2D eigenvalue weighted by molar-refractivity contribution is 5.94. The van der Waals surface area contributed by atoms with Crippen LogP contribution in [0.25, 0.3) is 0 Å². The minimum absolute atomic E-state index is 0.155. The molecule has 0 bridgehead atoms. The summed E-state index contributed by atoms with van der Waals surface area (Å²) in [5.74, 6) is 0.325. The Bertz CT molecular complexity index is 446. The number of carbonyl (C=O) groups excluding carboxylic acids is 1. The second-order valence-electron chi connectivity index (χ2n) is 4.03. The Morgan fingerprint density at radius 1 is 1.63 bits per heavy atom. The van der Waals surface area contributed by atoms with Crippen molar-refractivity contribution in [2.24, 2.45) is 5.73 Å². The summed E-state index contributed by atoms with van der Waals surface area (Å²) in [6.45, 7) is 5.77. The highest BCUT2D eigenvalue weighted by Crippen LogP contribution is 2.23. The molecule has 0 fully saturated rings. The third-order valence-corrected chi connectivity index (χ3v) is 2.56. The molecule has 5 heteroatoms. The number of nitrogens with two attached hydrogens (primary N) is 1. The van der Waals surface area contributed by atoms with Gasteiger partial charge in [-0.3, -0.25) is 4.79 Å². The molecule has 1 aromatic rings. The van der Waals surface area contributed by atoms with Crippen LogP contribution >= 0.6 is 0 Å². The molecule has 19 heavy (non-hydrogen) atoms. The molecule has 0 saturated heterocycles. The van der Waals surface area contributed by atoms with Crippen molar-refractivity contribution >= 4 is 11.6 Å². The van der Waals surface area contributed by atoms with Crippen LogP contribution in [0.15, 0.2) is 30.9 Å². The number of rotatable bonds is 7. The predicted molar refractivity (Wildman–Crippen MR) is 75.0 cm³/mol. The fourth-order valence-corrected chi connectivity index (χ4v) is 1.60. The Labute approximate surface area is 113 Å². The molecule has 0 spiro atoms. The van der Waals surface area contributed by atoms with E-state index in [-0.39, 0.29) is 12.5 Å². The smallest absolute Gasteiger partial charge is 0.241 e. The molecule has 4 N–H and O–H groups in total. The van der Waals surface area contributed by atoms with Gasteiger partial charge in [-0.2, -0.15) is 0 Å². The summed E-state index contributed by atoms with van der Waals surface area (Å²) in [6, 6.07) is 4.47. The van der Waals surface area contributed by atoms with Crippen molar-refractivity contribution in [2.75, 3.05) is 11.9 Å². The molecule has 1 amide bonds. The lowest BCUT2D eigenvalue weighted by molar-refractivity contribution is -0.117. The number of benzene rings is 1. The van der Waals surface area contributed by atoms with E-state index in [2.05, 4.69) is 11.9 Å². The maximum atomic E-state index is 11.7. The van der Waals surface area contributed by atoms with Crippen molar-refractivity contribution in [3.05, 3.63) is 36.4 Å². The number of hydrogen-bond acceptors (Lipinski definition) is 4. The highest BCUT2D eigenvalue weighted by atomic mass is 16.5. The Kier molecular flexibility index (Phi) is 6.05. The van der Waals surface area contributed by atoms with E-state index in [1.165, 1.54) is 0 Å². The van der Waals surface area contributed by atoms with Gasteiger partial charge < -0.3 is 20.9 Å². The zero-order valence-electron chi connectivity index (χ0n) is 11.1. The Hall–Kier alpha value is -1.85. The van der Waals surface area contributed by atoms with Crippen LogP contribution in [0.4, 0.5) is 5.69 Å². The van der Waals surface area contributed by atoms with Gasteiger partial charge in [-0.15, -0.1) is 6.58 Å². The molecule has 1 atom stereocenters. The molecular weight excluding hydrogens is 244 g/mol. The summed E-state index contributed by atoms with van der Waals surface area (Å²) < 4.78 is 5.36. The molecule has 1 unspecified atom stereocenters. The molecule has 104 valence electrons. The third kappa shape index (κ3) is 4.39.